The van der Waals surface area contributed by atoms with Gasteiger partial charge in [-0.3, -0.25) is 0 Å². The second kappa shape index (κ2) is 10.7. The molecule has 0 unspecified atom stereocenters. The fourth-order valence-corrected chi connectivity index (χ4v) is 9.39. The minimum atomic E-state index is -0.0999. The Morgan fingerprint density at radius 1 is 0.429 bits per heavy atom. The van der Waals surface area contributed by atoms with Crippen LogP contribution in [0.15, 0.2) is 164 Å². The molecule has 8 aromatic carbocycles. The summed E-state index contributed by atoms with van der Waals surface area (Å²) in [6, 6.07) is 60.7. The predicted molar refractivity (Wildman–Crippen MR) is 212 cm³/mol. The van der Waals surface area contributed by atoms with Crippen LogP contribution < -0.4 is 4.90 Å². The molecule has 0 amide bonds. The molecule has 0 aliphatic heterocycles. The first-order valence-corrected chi connectivity index (χ1v) is 17.8. The molecule has 2 heteroatoms. The number of benzene rings is 8. The number of anilines is 3. The Bertz CT molecular complexity index is 2760. The van der Waals surface area contributed by atoms with Gasteiger partial charge in [-0.2, -0.15) is 0 Å². The molecule has 9 aromatic rings. The van der Waals surface area contributed by atoms with Crippen molar-refractivity contribution >= 4 is 70.1 Å². The summed E-state index contributed by atoms with van der Waals surface area (Å²) in [7, 11) is 0. The average molecular weight is 644 g/mol. The topological polar surface area (TPSA) is 3.24 Å². The fourth-order valence-electron chi connectivity index (χ4n) is 8.28. The van der Waals surface area contributed by atoms with E-state index in [4.69, 9.17) is 0 Å². The van der Waals surface area contributed by atoms with Gasteiger partial charge in [0, 0.05) is 42.4 Å². The summed E-state index contributed by atoms with van der Waals surface area (Å²) in [5, 5.41) is 7.67. The molecule has 232 valence electrons. The summed E-state index contributed by atoms with van der Waals surface area (Å²) in [6.07, 6.45) is 0. The summed E-state index contributed by atoms with van der Waals surface area (Å²) in [5.41, 5.74) is 11.3. The standard InChI is InChI=1S/C47H33NS/c1-47(2)40-21-9-7-19-37(40)46-41(47)22-12-24-43(46)48(42-23-10-8-18-36(42)35-20-11-16-30-13-5-6-17-34(30)35)33-25-26-44-39(29-33)38-27-31-14-3-4-15-32(31)28-45(38)49-44/h3-29H,1-2H3. The lowest BCUT2D eigenvalue weighted by molar-refractivity contribution is 0.660. The van der Waals surface area contributed by atoms with E-state index in [0.29, 0.717) is 0 Å². The Morgan fingerprint density at radius 2 is 1.04 bits per heavy atom. The van der Waals surface area contributed by atoms with Gasteiger partial charge in [0.15, 0.2) is 0 Å². The van der Waals surface area contributed by atoms with Crippen LogP contribution in [-0.4, -0.2) is 0 Å². The Balaban J connectivity index is 1.29. The minimum absolute atomic E-state index is 0.0999. The molecule has 0 bridgehead atoms. The van der Waals surface area contributed by atoms with Gasteiger partial charge < -0.3 is 4.90 Å². The van der Waals surface area contributed by atoms with Crippen LogP contribution in [0.25, 0.3) is 64.0 Å². The third-order valence-corrected chi connectivity index (χ3v) is 11.8. The van der Waals surface area contributed by atoms with Crippen LogP contribution in [0, 0.1) is 0 Å². The number of hydrogen-bond acceptors (Lipinski definition) is 2. The van der Waals surface area contributed by atoms with E-state index in [1.807, 2.05) is 11.3 Å². The second-order valence-corrected chi connectivity index (χ2v) is 14.8. The van der Waals surface area contributed by atoms with Crippen molar-refractivity contribution in [3.63, 3.8) is 0 Å². The van der Waals surface area contributed by atoms with Gasteiger partial charge in [-0.15, -0.1) is 11.3 Å². The zero-order valence-electron chi connectivity index (χ0n) is 27.4. The fraction of sp³-hybridized carbons (Fsp3) is 0.0638. The number of fused-ring (bicyclic) bond motifs is 8. The molecule has 0 atom stereocenters. The van der Waals surface area contributed by atoms with Crippen LogP contribution in [0.2, 0.25) is 0 Å². The van der Waals surface area contributed by atoms with Crippen molar-refractivity contribution in [2.75, 3.05) is 4.90 Å². The minimum Gasteiger partial charge on any atom is -0.309 e. The molecule has 49 heavy (non-hydrogen) atoms. The van der Waals surface area contributed by atoms with E-state index in [2.05, 4.69) is 183 Å². The van der Waals surface area contributed by atoms with Crippen molar-refractivity contribution in [2.45, 2.75) is 19.3 Å². The van der Waals surface area contributed by atoms with E-state index >= 15 is 0 Å². The Morgan fingerprint density at radius 3 is 1.92 bits per heavy atom. The van der Waals surface area contributed by atoms with Crippen molar-refractivity contribution < 1.29 is 0 Å². The summed E-state index contributed by atoms with van der Waals surface area (Å²) in [5.74, 6) is 0. The molecule has 0 saturated carbocycles. The highest BCUT2D eigenvalue weighted by molar-refractivity contribution is 7.25. The first-order chi connectivity index (χ1) is 24.1. The van der Waals surface area contributed by atoms with E-state index in [1.165, 1.54) is 86.5 Å². The number of rotatable bonds is 4. The van der Waals surface area contributed by atoms with Gasteiger partial charge in [0.1, 0.15) is 0 Å². The third kappa shape index (κ3) is 4.24. The summed E-state index contributed by atoms with van der Waals surface area (Å²) in [4.78, 5) is 2.53. The van der Waals surface area contributed by atoms with Gasteiger partial charge in [-0.05, 0) is 86.3 Å². The van der Waals surface area contributed by atoms with Crippen LogP contribution in [-0.2, 0) is 5.41 Å². The largest absolute Gasteiger partial charge is 0.309 e. The van der Waals surface area contributed by atoms with Crippen molar-refractivity contribution in [2.24, 2.45) is 0 Å². The number of para-hydroxylation sites is 1. The van der Waals surface area contributed by atoms with Crippen molar-refractivity contribution in [1.29, 1.82) is 0 Å². The zero-order valence-corrected chi connectivity index (χ0v) is 28.3. The maximum atomic E-state index is 2.53. The molecule has 1 aliphatic carbocycles. The van der Waals surface area contributed by atoms with E-state index < -0.39 is 0 Å². The van der Waals surface area contributed by atoms with E-state index in [0.717, 1.165) is 5.69 Å². The highest BCUT2D eigenvalue weighted by atomic mass is 32.1. The van der Waals surface area contributed by atoms with E-state index in [9.17, 15) is 0 Å². The highest BCUT2D eigenvalue weighted by Gasteiger charge is 2.38. The first-order valence-electron chi connectivity index (χ1n) is 17.0. The highest BCUT2D eigenvalue weighted by Crippen LogP contribution is 2.55. The number of nitrogens with zero attached hydrogens (tertiary/aromatic N) is 1. The Labute approximate surface area is 290 Å². The van der Waals surface area contributed by atoms with E-state index in [1.54, 1.807) is 0 Å². The molecule has 1 aromatic heterocycles. The monoisotopic (exact) mass is 643 g/mol. The van der Waals surface area contributed by atoms with Crippen LogP contribution in [0.4, 0.5) is 17.1 Å². The third-order valence-electron chi connectivity index (χ3n) is 10.6. The second-order valence-electron chi connectivity index (χ2n) is 13.7. The molecule has 0 radical (unpaired) electrons. The number of hydrogen-bond donors (Lipinski definition) is 0. The first kappa shape index (κ1) is 28.3. The molecule has 1 nitrogen and oxygen atoms in total. The summed E-state index contributed by atoms with van der Waals surface area (Å²) < 4.78 is 2.63. The Kier molecular flexibility index (Phi) is 6.16. The lowest BCUT2D eigenvalue weighted by Gasteiger charge is -2.31. The number of thiophene rings is 1. The maximum Gasteiger partial charge on any atom is 0.0543 e. The van der Waals surface area contributed by atoms with Crippen molar-refractivity contribution in [3.05, 3.63) is 175 Å². The normalized spacial score (nSPS) is 13.3. The van der Waals surface area contributed by atoms with Crippen molar-refractivity contribution in [1.82, 2.24) is 0 Å². The molecular formula is C47H33NS. The van der Waals surface area contributed by atoms with Gasteiger partial charge in [0.2, 0.25) is 0 Å². The van der Waals surface area contributed by atoms with E-state index in [-0.39, 0.29) is 5.41 Å². The Hall–Kier alpha value is -5.70. The average Bonchev–Trinajstić information content (AvgIpc) is 3.62. The molecule has 0 saturated heterocycles. The molecule has 10 rings (SSSR count). The lowest BCUT2D eigenvalue weighted by atomic mass is 9.82. The molecule has 0 N–H and O–H groups in total. The lowest BCUT2D eigenvalue weighted by Crippen LogP contribution is -2.16. The smallest absolute Gasteiger partial charge is 0.0543 e. The molecule has 0 spiro atoms. The SMILES string of the molecule is CC1(C)c2ccccc2-c2c(N(c3ccc4sc5cc6ccccc6cc5c4c3)c3ccccc3-c3cccc4ccccc34)cccc21. The van der Waals surface area contributed by atoms with Crippen LogP contribution >= 0.6 is 11.3 Å². The zero-order chi connectivity index (χ0) is 32.7. The van der Waals surface area contributed by atoms with Crippen LogP contribution in [0.5, 0.6) is 0 Å². The van der Waals surface area contributed by atoms with Gasteiger partial charge in [-0.25, -0.2) is 0 Å². The molecule has 1 aliphatic rings. The van der Waals surface area contributed by atoms with Gasteiger partial charge in [-0.1, -0.05) is 135 Å². The van der Waals surface area contributed by atoms with Gasteiger partial charge >= 0.3 is 0 Å². The molecule has 1 heterocycles. The summed E-state index contributed by atoms with van der Waals surface area (Å²) in [6.45, 7) is 4.73. The molecular weight excluding hydrogens is 611 g/mol. The predicted octanol–water partition coefficient (Wildman–Crippen LogP) is 13.8. The van der Waals surface area contributed by atoms with Crippen molar-refractivity contribution in [3.8, 4) is 22.3 Å². The van der Waals surface area contributed by atoms with Gasteiger partial charge in [0.05, 0.1) is 11.4 Å². The van der Waals surface area contributed by atoms with Gasteiger partial charge in [0.25, 0.3) is 0 Å². The summed E-state index contributed by atoms with van der Waals surface area (Å²) >= 11 is 1.88. The maximum absolute atomic E-state index is 2.53. The quantitative estimate of drug-likeness (QED) is 0.184. The molecule has 0 fully saturated rings. The van der Waals surface area contributed by atoms with Crippen LogP contribution in [0.3, 0.4) is 0 Å². The van der Waals surface area contributed by atoms with Crippen LogP contribution in [0.1, 0.15) is 25.0 Å².